The third kappa shape index (κ3) is 4.41. The maximum Gasteiger partial charge on any atom is 0.358 e. The number of aryl methyl sites for hydroxylation is 1. The van der Waals surface area contributed by atoms with Crippen LogP contribution in [0.1, 0.15) is 21.6 Å². The number of aromatic carboxylic acids is 1. The van der Waals surface area contributed by atoms with Crippen LogP contribution in [0.4, 0.5) is 10.5 Å². The van der Waals surface area contributed by atoms with Crippen molar-refractivity contribution in [1.29, 1.82) is 0 Å². The quantitative estimate of drug-likeness (QED) is 0.450. The highest BCUT2D eigenvalue weighted by Crippen LogP contribution is 2.25. The highest BCUT2D eigenvalue weighted by atomic mass is 16.4. The number of aromatic hydroxyl groups is 1. The second-order valence-electron chi connectivity index (χ2n) is 6.20. The minimum atomic E-state index is -1.55. The average Bonchev–Trinajstić information content (AvgIpc) is 2.69. The fourth-order valence-electron chi connectivity index (χ4n) is 2.69. The summed E-state index contributed by atoms with van der Waals surface area (Å²) in [7, 11) is 0. The number of carboxylic acids is 1. The van der Waals surface area contributed by atoms with Crippen molar-refractivity contribution in [1.82, 2.24) is 15.3 Å². The first kappa shape index (κ1) is 19.6. The van der Waals surface area contributed by atoms with Gasteiger partial charge in [0.05, 0.1) is 5.69 Å². The van der Waals surface area contributed by atoms with Gasteiger partial charge in [0.1, 0.15) is 5.82 Å². The third-order valence-electron chi connectivity index (χ3n) is 4.23. The molecule has 9 nitrogen and oxygen atoms in total. The lowest BCUT2D eigenvalue weighted by atomic mass is 10.1. The standard InChI is InChI=1S/C20H18N4O5/c1-11-6-2-3-7-12(11)10-21-20(29)22-14-9-5-4-8-13(14)17-23-15(19(27)28)16(25)18(26)24-17/h2-9,25H,10H2,1H3,(H,27,28)(H2,21,22,29)(H,23,24,26). The van der Waals surface area contributed by atoms with Gasteiger partial charge in [0, 0.05) is 12.1 Å². The number of anilines is 1. The lowest BCUT2D eigenvalue weighted by Gasteiger charge is -2.13. The number of benzene rings is 2. The molecule has 3 rings (SSSR count). The summed E-state index contributed by atoms with van der Waals surface area (Å²) < 4.78 is 0. The van der Waals surface area contributed by atoms with Crippen LogP contribution in [0.25, 0.3) is 11.4 Å². The zero-order valence-corrected chi connectivity index (χ0v) is 15.4. The first-order valence-corrected chi connectivity index (χ1v) is 8.62. The zero-order chi connectivity index (χ0) is 21.0. The number of nitrogens with zero attached hydrogens (tertiary/aromatic N) is 1. The van der Waals surface area contributed by atoms with E-state index < -0.39 is 29.0 Å². The summed E-state index contributed by atoms with van der Waals surface area (Å²) in [5.41, 5.74) is 0.832. The zero-order valence-electron chi connectivity index (χ0n) is 15.4. The van der Waals surface area contributed by atoms with E-state index in [1.807, 2.05) is 31.2 Å². The smallest absolute Gasteiger partial charge is 0.358 e. The van der Waals surface area contributed by atoms with Gasteiger partial charge in [-0.05, 0) is 30.2 Å². The van der Waals surface area contributed by atoms with Gasteiger partial charge in [0.15, 0.2) is 5.69 Å². The van der Waals surface area contributed by atoms with Crippen molar-refractivity contribution in [3.8, 4) is 17.1 Å². The van der Waals surface area contributed by atoms with Crippen LogP contribution >= 0.6 is 0 Å². The first-order valence-electron chi connectivity index (χ1n) is 8.62. The minimum Gasteiger partial charge on any atom is -0.501 e. The summed E-state index contributed by atoms with van der Waals surface area (Å²) in [6.45, 7) is 2.26. The van der Waals surface area contributed by atoms with Crippen LogP contribution in [0.3, 0.4) is 0 Å². The van der Waals surface area contributed by atoms with E-state index in [1.54, 1.807) is 24.3 Å². The van der Waals surface area contributed by atoms with Crippen LogP contribution in [-0.4, -0.2) is 32.2 Å². The number of carbonyl (C=O) groups excluding carboxylic acids is 1. The molecule has 148 valence electrons. The largest absolute Gasteiger partial charge is 0.501 e. The molecule has 2 amide bonds. The maximum absolute atomic E-state index is 12.3. The van der Waals surface area contributed by atoms with Gasteiger partial charge in [-0.25, -0.2) is 14.6 Å². The lowest BCUT2D eigenvalue weighted by molar-refractivity contribution is 0.0686. The summed E-state index contributed by atoms with van der Waals surface area (Å²) in [6.07, 6.45) is 0. The van der Waals surface area contributed by atoms with Crippen molar-refractivity contribution in [2.24, 2.45) is 0 Å². The van der Waals surface area contributed by atoms with E-state index in [0.717, 1.165) is 11.1 Å². The molecule has 2 aromatic carbocycles. The van der Waals surface area contributed by atoms with Crippen molar-refractivity contribution >= 4 is 17.7 Å². The van der Waals surface area contributed by atoms with Crippen molar-refractivity contribution in [3.05, 3.63) is 75.7 Å². The number of urea groups is 1. The number of carbonyl (C=O) groups is 2. The van der Waals surface area contributed by atoms with E-state index in [-0.39, 0.29) is 11.4 Å². The number of aromatic nitrogens is 2. The Labute approximate surface area is 165 Å². The first-order chi connectivity index (χ1) is 13.9. The molecule has 0 spiro atoms. The van der Waals surface area contributed by atoms with Gasteiger partial charge < -0.3 is 25.8 Å². The molecule has 0 saturated carbocycles. The molecule has 1 heterocycles. The van der Waals surface area contributed by atoms with Gasteiger partial charge in [0.25, 0.3) is 5.56 Å². The Morgan fingerprint density at radius 1 is 1.10 bits per heavy atom. The maximum atomic E-state index is 12.3. The number of aromatic amines is 1. The van der Waals surface area contributed by atoms with Crippen LogP contribution in [0.5, 0.6) is 5.75 Å². The van der Waals surface area contributed by atoms with Gasteiger partial charge >= 0.3 is 12.0 Å². The van der Waals surface area contributed by atoms with Crippen LogP contribution in [-0.2, 0) is 6.54 Å². The van der Waals surface area contributed by atoms with Crippen molar-refractivity contribution < 1.29 is 19.8 Å². The molecule has 9 heteroatoms. The fraction of sp³-hybridized carbons (Fsp3) is 0.100. The summed E-state index contributed by atoms with van der Waals surface area (Å²) in [6, 6.07) is 13.6. The molecule has 3 aromatic rings. The van der Waals surface area contributed by atoms with Gasteiger partial charge in [0.2, 0.25) is 5.75 Å². The van der Waals surface area contributed by atoms with E-state index in [1.165, 1.54) is 0 Å². The normalized spacial score (nSPS) is 10.4. The molecule has 0 bridgehead atoms. The number of amides is 2. The molecular weight excluding hydrogens is 376 g/mol. The van der Waals surface area contributed by atoms with Gasteiger partial charge in [-0.1, -0.05) is 36.4 Å². The molecule has 0 saturated heterocycles. The molecule has 0 aliphatic rings. The number of hydrogen-bond donors (Lipinski definition) is 5. The van der Waals surface area contributed by atoms with Crippen molar-refractivity contribution in [3.63, 3.8) is 0 Å². The van der Waals surface area contributed by atoms with E-state index in [0.29, 0.717) is 12.2 Å². The molecule has 0 radical (unpaired) electrons. The molecule has 29 heavy (non-hydrogen) atoms. The predicted octanol–water partition coefficient (Wildman–Crippen LogP) is 2.47. The number of nitrogens with one attached hydrogen (secondary N) is 3. The Morgan fingerprint density at radius 3 is 2.52 bits per heavy atom. The Balaban J connectivity index is 1.84. The topological polar surface area (TPSA) is 144 Å². The van der Waals surface area contributed by atoms with Gasteiger partial charge in [-0.3, -0.25) is 4.79 Å². The summed E-state index contributed by atoms with van der Waals surface area (Å²) >= 11 is 0. The Bertz CT molecular complexity index is 1140. The fourth-order valence-corrected chi connectivity index (χ4v) is 2.69. The van der Waals surface area contributed by atoms with Crippen molar-refractivity contribution in [2.75, 3.05) is 5.32 Å². The Morgan fingerprint density at radius 2 is 1.79 bits per heavy atom. The number of hydrogen-bond acceptors (Lipinski definition) is 5. The summed E-state index contributed by atoms with van der Waals surface area (Å²) in [4.78, 5) is 41.5. The van der Waals surface area contributed by atoms with Crippen LogP contribution in [0.15, 0.2) is 53.3 Å². The highest BCUT2D eigenvalue weighted by molar-refractivity contribution is 5.94. The highest BCUT2D eigenvalue weighted by Gasteiger charge is 2.19. The van der Waals surface area contributed by atoms with Crippen molar-refractivity contribution in [2.45, 2.75) is 13.5 Å². The molecular formula is C20H18N4O5. The summed E-state index contributed by atoms with van der Waals surface area (Å²) in [5, 5.41) is 24.1. The summed E-state index contributed by atoms with van der Waals surface area (Å²) in [5.74, 6) is -2.63. The molecule has 0 unspecified atom stereocenters. The van der Waals surface area contributed by atoms with Crippen LogP contribution < -0.4 is 16.2 Å². The Hall–Kier alpha value is -4.14. The predicted molar refractivity (Wildman–Crippen MR) is 106 cm³/mol. The average molecular weight is 394 g/mol. The van der Waals surface area contributed by atoms with E-state index >= 15 is 0 Å². The number of rotatable bonds is 5. The third-order valence-corrected chi connectivity index (χ3v) is 4.23. The van der Waals surface area contributed by atoms with E-state index in [2.05, 4.69) is 20.6 Å². The van der Waals surface area contributed by atoms with Gasteiger partial charge in [-0.2, -0.15) is 0 Å². The molecule has 0 fully saturated rings. The second kappa shape index (κ2) is 8.26. The van der Waals surface area contributed by atoms with Gasteiger partial charge in [-0.15, -0.1) is 0 Å². The number of para-hydroxylation sites is 1. The number of H-pyrrole nitrogens is 1. The van der Waals surface area contributed by atoms with E-state index in [4.69, 9.17) is 5.11 Å². The molecule has 1 aromatic heterocycles. The Kier molecular flexibility index (Phi) is 5.59. The second-order valence-corrected chi connectivity index (χ2v) is 6.20. The molecule has 5 N–H and O–H groups in total. The minimum absolute atomic E-state index is 0.0972. The van der Waals surface area contributed by atoms with Crippen LogP contribution in [0.2, 0.25) is 0 Å². The number of carboxylic acid groups (broad SMARTS) is 1. The van der Waals surface area contributed by atoms with E-state index in [9.17, 15) is 19.5 Å². The molecule has 0 aliphatic carbocycles. The molecule has 0 atom stereocenters. The van der Waals surface area contributed by atoms with Crippen LogP contribution in [0, 0.1) is 6.92 Å². The monoisotopic (exact) mass is 394 g/mol. The SMILES string of the molecule is Cc1ccccc1CNC(=O)Nc1ccccc1-c1nc(C(=O)O)c(O)c(=O)[nH]1. The lowest BCUT2D eigenvalue weighted by Crippen LogP contribution is -2.28. The molecule has 0 aliphatic heterocycles.